The van der Waals surface area contributed by atoms with Crippen LogP contribution in [0.4, 0.5) is 0 Å². The van der Waals surface area contributed by atoms with Gasteiger partial charge in [0.15, 0.2) is 6.10 Å². The van der Waals surface area contributed by atoms with E-state index in [0.29, 0.717) is 29.0 Å². The molecule has 1 atom stereocenters. The molecule has 0 fully saturated rings. The molecule has 0 bridgehead atoms. The van der Waals surface area contributed by atoms with Crippen LogP contribution in [-0.2, 0) is 9.53 Å². The Hall–Kier alpha value is -2.79. The van der Waals surface area contributed by atoms with E-state index in [2.05, 4.69) is 4.98 Å². The number of benzene rings is 2. The number of hydrogen-bond donors (Lipinski definition) is 0. The summed E-state index contributed by atoms with van der Waals surface area (Å²) >= 11 is 5.98. The number of esters is 1. The summed E-state index contributed by atoms with van der Waals surface area (Å²) in [6.07, 6.45) is -0.671. The van der Waals surface area contributed by atoms with Crippen molar-refractivity contribution in [1.29, 1.82) is 0 Å². The highest BCUT2D eigenvalue weighted by atomic mass is 35.5. The van der Waals surface area contributed by atoms with Gasteiger partial charge in [-0.25, -0.2) is 9.78 Å². The Balaban J connectivity index is 1.67. The minimum atomic E-state index is -0.671. The number of ether oxygens (including phenoxy) is 3. The molecule has 26 heavy (non-hydrogen) atoms. The molecular weight excluding hydrogens is 354 g/mol. The lowest BCUT2D eigenvalue weighted by Crippen LogP contribution is -2.25. The number of nitrogens with zero attached hydrogens (tertiary/aromatic N) is 1. The average molecular weight is 372 g/mol. The quantitative estimate of drug-likeness (QED) is 0.570. The molecule has 0 N–H and O–H groups in total. The van der Waals surface area contributed by atoms with Gasteiger partial charge >= 0.3 is 5.97 Å². The predicted octanol–water partition coefficient (Wildman–Crippen LogP) is 5.01. The average Bonchev–Trinajstić information content (AvgIpc) is 2.63. The highest BCUT2D eigenvalue weighted by molar-refractivity contribution is 6.31. The lowest BCUT2D eigenvalue weighted by atomic mass is 10.2. The third kappa shape index (κ3) is 4.43. The van der Waals surface area contributed by atoms with Crippen LogP contribution in [0.5, 0.6) is 17.4 Å². The summed E-state index contributed by atoms with van der Waals surface area (Å²) in [5.41, 5.74) is 0.801. The first-order valence-corrected chi connectivity index (χ1v) is 8.60. The zero-order valence-electron chi connectivity index (χ0n) is 14.4. The summed E-state index contributed by atoms with van der Waals surface area (Å²) in [4.78, 5) is 16.0. The summed E-state index contributed by atoms with van der Waals surface area (Å²) in [5.74, 6) is 1.25. The molecule has 0 aliphatic carbocycles. The van der Waals surface area contributed by atoms with Crippen molar-refractivity contribution in [3.05, 3.63) is 59.6 Å². The second-order valence-corrected chi connectivity index (χ2v) is 6.01. The Morgan fingerprint density at radius 3 is 2.54 bits per heavy atom. The maximum absolute atomic E-state index is 11.6. The number of hydrogen-bond acceptors (Lipinski definition) is 5. The van der Waals surface area contributed by atoms with Gasteiger partial charge in [-0.15, -0.1) is 0 Å². The van der Waals surface area contributed by atoms with Gasteiger partial charge in [0.2, 0.25) is 5.88 Å². The molecule has 0 saturated heterocycles. The summed E-state index contributed by atoms with van der Waals surface area (Å²) in [6.45, 7) is 3.73. The van der Waals surface area contributed by atoms with Crippen LogP contribution in [0, 0.1) is 0 Å². The first kappa shape index (κ1) is 18.0. The number of carbonyl (C=O) groups is 1. The van der Waals surface area contributed by atoms with Crippen molar-refractivity contribution in [3.63, 3.8) is 0 Å². The SMILES string of the molecule is CCOC(=O)C(C)Oc1ccc(Oc2ccc3cc(Cl)ccc3n2)cc1. The van der Waals surface area contributed by atoms with Gasteiger partial charge in [-0.05, 0) is 62.4 Å². The first-order chi connectivity index (χ1) is 12.5. The van der Waals surface area contributed by atoms with Gasteiger partial charge in [-0.2, -0.15) is 0 Å². The number of halogens is 1. The molecule has 0 aliphatic heterocycles. The molecule has 1 heterocycles. The summed E-state index contributed by atoms with van der Waals surface area (Å²) in [6, 6.07) is 16.1. The standard InChI is InChI=1S/C20H18ClNO4/c1-3-24-20(23)13(2)25-16-6-8-17(9-7-16)26-19-11-4-14-12-15(21)5-10-18(14)22-19/h4-13H,3H2,1-2H3. The smallest absolute Gasteiger partial charge is 0.347 e. The highest BCUT2D eigenvalue weighted by Gasteiger charge is 2.15. The normalized spacial score (nSPS) is 11.8. The van der Waals surface area contributed by atoms with E-state index in [9.17, 15) is 4.79 Å². The van der Waals surface area contributed by atoms with Crippen molar-refractivity contribution >= 4 is 28.5 Å². The van der Waals surface area contributed by atoms with Gasteiger partial charge in [0.05, 0.1) is 12.1 Å². The predicted molar refractivity (Wildman–Crippen MR) is 100.0 cm³/mol. The van der Waals surface area contributed by atoms with Crippen molar-refractivity contribution < 1.29 is 19.0 Å². The molecule has 6 heteroatoms. The van der Waals surface area contributed by atoms with E-state index in [4.69, 9.17) is 25.8 Å². The molecule has 1 unspecified atom stereocenters. The van der Waals surface area contributed by atoms with Crippen LogP contribution in [0.15, 0.2) is 54.6 Å². The van der Waals surface area contributed by atoms with Gasteiger partial charge in [-0.1, -0.05) is 11.6 Å². The number of pyridine rings is 1. The second-order valence-electron chi connectivity index (χ2n) is 5.57. The maximum atomic E-state index is 11.6. The molecule has 0 radical (unpaired) electrons. The van der Waals surface area contributed by atoms with Crippen molar-refractivity contribution in [2.75, 3.05) is 6.61 Å². The van der Waals surface area contributed by atoms with Gasteiger partial charge in [-0.3, -0.25) is 0 Å². The second kappa shape index (κ2) is 8.06. The third-order valence-electron chi connectivity index (χ3n) is 3.60. The Morgan fingerprint density at radius 1 is 1.08 bits per heavy atom. The van der Waals surface area contributed by atoms with E-state index in [1.807, 2.05) is 18.2 Å². The fourth-order valence-corrected chi connectivity index (χ4v) is 2.53. The zero-order valence-corrected chi connectivity index (χ0v) is 15.2. The molecule has 1 aromatic heterocycles. The van der Waals surface area contributed by atoms with E-state index in [0.717, 1.165) is 10.9 Å². The van der Waals surface area contributed by atoms with Crippen molar-refractivity contribution in [2.45, 2.75) is 20.0 Å². The Bertz CT molecular complexity index is 911. The largest absolute Gasteiger partial charge is 0.479 e. The van der Waals surface area contributed by atoms with E-state index < -0.39 is 12.1 Å². The molecule has 0 amide bonds. The van der Waals surface area contributed by atoms with Crippen LogP contribution in [-0.4, -0.2) is 23.7 Å². The van der Waals surface area contributed by atoms with E-state index in [1.54, 1.807) is 50.2 Å². The van der Waals surface area contributed by atoms with Crippen LogP contribution in [0.25, 0.3) is 10.9 Å². The van der Waals surface area contributed by atoms with Gasteiger partial charge in [0.1, 0.15) is 11.5 Å². The molecule has 2 aromatic carbocycles. The number of fused-ring (bicyclic) bond motifs is 1. The number of aromatic nitrogens is 1. The van der Waals surface area contributed by atoms with Crippen molar-refractivity contribution in [2.24, 2.45) is 0 Å². The minimum absolute atomic E-state index is 0.324. The molecule has 0 aliphatic rings. The van der Waals surface area contributed by atoms with Crippen molar-refractivity contribution in [3.8, 4) is 17.4 Å². The molecule has 0 saturated carbocycles. The summed E-state index contributed by atoms with van der Waals surface area (Å²) in [7, 11) is 0. The zero-order chi connectivity index (χ0) is 18.5. The third-order valence-corrected chi connectivity index (χ3v) is 3.84. The highest BCUT2D eigenvalue weighted by Crippen LogP contribution is 2.26. The molecule has 3 aromatic rings. The van der Waals surface area contributed by atoms with Gasteiger partial charge in [0, 0.05) is 16.5 Å². The topological polar surface area (TPSA) is 57.7 Å². The van der Waals surface area contributed by atoms with E-state index >= 15 is 0 Å². The first-order valence-electron chi connectivity index (χ1n) is 8.22. The number of carbonyl (C=O) groups excluding carboxylic acids is 1. The van der Waals surface area contributed by atoms with Crippen molar-refractivity contribution in [1.82, 2.24) is 4.98 Å². The lowest BCUT2D eigenvalue weighted by molar-refractivity contribution is -0.150. The fraction of sp³-hybridized carbons (Fsp3) is 0.200. The van der Waals surface area contributed by atoms with E-state index in [-0.39, 0.29) is 0 Å². The van der Waals surface area contributed by atoms with Crippen LogP contribution in [0.2, 0.25) is 5.02 Å². The van der Waals surface area contributed by atoms with Gasteiger partial charge in [0.25, 0.3) is 0 Å². The molecule has 5 nitrogen and oxygen atoms in total. The van der Waals surface area contributed by atoms with Crippen LogP contribution >= 0.6 is 11.6 Å². The monoisotopic (exact) mass is 371 g/mol. The Kier molecular flexibility index (Phi) is 5.58. The summed E-state index contributed by atoms with van der Waals surface area (Å²) in [5, 5.41) is 1.61. The van der Waals surface area contributed by atoms with Crippen LogP contribution in [0.3, 0.4) is 0 Å². The number of rotatable bonds is 6. The molecule has 3 rings (SSSR count). The molecular formula is C20H18ClNO4. The van der Waals surface area contributed by atoms with Crippen LogP contribution in [0.1, 0.15) is 13.8 Å². The molecule has 134 valence electrons. The van der Waals surface area contributed by atoms with E-state index in [1.165, 1.54) is 0 Å². The van der Waals surface area contributed by atoms with Crippen LogP contribution < -0.4 is 9.47 Å². The summed E-state index contributed by atoms with van der Waals surface area (Å²) < 4.78 is 16.2. The maximum Gasteiger partial charge on any atom is 0.347 e. The molecule has 0 spiro atoms. The Morgan fingerprint density at radius 2 is 1.81 bits per heavy atom. The minimum Gasteiger partial charge on any atom is -0.479 e. The lowest BCUT2D eigenvalue weighted by Gasteiger charge is -2.13. The van der Waals surface area contributed by atoms with Gasteiger partial charge < -0.3 is 14.2 Å². The Labute approximate surface area is 156 Å². The fourth-order valence-electron chi connectivity index (χ4n) is 2.35.